The molecular formula is C19H20N4O2. The van der Waals surface area contributed by atoms with E-state index >= 15 is 0 Å². The third-order valence-corrected chi connectivity index (χ3v) is 3.65. The molecule has 0 atom stereocenters. The number of benzene rings is 1. The number of carbonyl (C=O) groups is 1. The van der Waals surface area contributed by atoms with Gasteiger partial charge in [0.2, 0.25) is 0 Å². The third-order valence-electron chi connectivity index (χ3n) is 3.65. The fourth-order valence-corrected chi connectivity index (χ4v) is 2.31. The molecule has 0 aliphatic carbocycles. The molecule has 0 spiro atoms. The molecule has 1 amide bonds. The highest BCUT2D eigenvalue weighted by Crippen LogP contribution is 2.09. The molecule has 1 N–H and O–H groups in total. The van der Waals surface area contributed by atoms with Crippen LogP contribution in [0.4, 0.5) is 0 Å². The van der Waals surface area contributed by atoms with Crippen molar-refractivity contribution < 1.29 is 9.53 Å². The fourth-order valence-electron chi connectivity index (χ4n) is 2.31. The lowest BCUT2D eigenvalue weighted by atomic mass is 10.2. The Balaban J connectivity index is 1.36. The maximum absolute atomic E-state index is 12.1. The normalized spacial score (nSPS) is 10.4. The lowest BCUT2D eigenvalue weighted by Crippen LogP contribution is -2.24. The monoisotopic (exact) mass is 336 g/mol. The number of aromatic nitrogens is 3. The molecule has 0 saturated carbocycles. The molecule has 3 aromatic rings. The summed E-state index contributed by atoms with van der Waals surface area (Å²) in [6, 6.07) is 13.3. The highest BCUT2D eigenvalue weighted by atomic mass is 16.5. The zero-order chi connectivity index (χ0) is 17.3. The van der Waals surface area contributed by atoms with Crippen molar-refractivity contribution in [3.8, 4) is 11.6 Å². The number of pyridine rings is 1. The first kappa shape index (κ1) is 16.7. The molecular weight excluding hydrogens is 316 g/mol. The van der Waals surface area contributed by atoms with Crippen LogP contribution in [-0.4, -0.2) is 33.6 Å². The van der Waals surface area contributed by atoms with Crippen molar-refractivity contribution in [1.29, 1.82) is 0 Å². The molecule has 0 radical (unpaired) electrons. The van der Waals surface area contributed by atoms with E-state index in [-0.39, 0.29) is 5.91 Å². The Hall–Kier alpha value is -3.15. The summed E-state index contributed by atoms with van der Waals surface area (Å²) >= 11 is 0. The van der Waals surface area contributed by atoms with Gasteiger partial charge in [0.25, 0.3) is 5.91 Å². The first-order valence-electron chi connectivity index (χ1n) is 8.23. The third kappa shape index (κ3) is 4.91. The van der Waals surface area contributed by atoms with Crippen molar-refractivity contribution in [1.82, 2.24) is 19.9 Å². The maximum Gasteiger partial charge on any atom is 0.252 e. The Morgan fingerprint density at radius 3 is 2.72 bits per heavy atom. The van der Waals surface area contributed by atoms with Gasteiger partial charge in [-0.25, -0.2) is 9.97 Å². The van der Waals surface area contributed by atoms with E-state index in [0.29, 0.717) is 18.7 Å². The summed E-state index contributed by atoms with van der Waals surface area (Å²) in [6.45, 7) is 1.25. The average molecular weight is 336 g/mol. The van der Waals surface area contributed by atoms with Crippen molar-refractivity contribution >= 4 is 5.91 Å². The van der Waals surface area contributed by atoms with E-state index < -0.39 is 0 Å². The zero-order valence-corrected chi connectivity index (χ0v) is 13.8. The van der Waals surface area contributed by atoms with Gasteiger partial charge in [-0.05, 0) is 37.1 Å². The lowest BCUT2D eigenvalue weighted by Gasteiger charge is -2.07. The summed E-state index contributed by atoms with van der Waals surface area (Å²) in [5.41, 5.74) is 0.546. The number of rotatable bonds is 8. The minimum absolute atomic E-state index is 0.117. The van der Waals surface area contributed by atoms with Crippen LogP contribution in [0.1, 0.15) is 23.2 Å². The van der Waals surface area contributed by atoms with Gasteiger partial charge in [0.05, 0.1) is 12.2 Å². The van der Waals surface area contributed by atoms with Crippen molar-refractivity contribution in [2.24, 2.45) is 0 Å². The van der Waals surface area contributed by atoms with E-state index in [1.165, 1.54) is 0 Å². The topological polar surface area (TPSA) is 69.0 Å². The van der Waals surface area contributed by atoms with E-state index in [2.05, 4.69) is 15.3 Å². The molecule has 2 heterocycles. The molecule has 6 heteroatoms. The van der Waals surface area contributed by atoms with Crippen LogP contribution in [0.5, 0.6) is 5.75 Å². The molecule has 0 aliphatic heterocycles. The molecule has 1 aromatic carbocycles. The Labute approximate surface area is 146 Å². The number of nitrogens with zero attached hydrogens (tertiary/aromatic N) is 3. The summed E-state index contributed by atoms with van der Waals surface area (Å²) in [5.74, 6) is 1.48. The Kier molecular flexibility index (Phi) is 5.77. The summed E-state index contributed by atoms with van der Waals surface area (Å²) in [6.07, 6.45) is 8.47. The Morgan fingerprint density at radius 2 is 2.00 bits per heavy atom. The molecule has 2 aromatic heterocycles. The summed E-state index contributed by atoms with van der Waals surface area (Å²) in [5, 5.41) is 2.90. The van der Waals surface area contributed by atoms with Crippen LogP contribution < -0.4 is 10.1 Å². The molecule has 6 nitrogen and oxygen atoms in total. The van der Waals surface area contributed by atoms with E-state index in [1.807, 2.05) is 30.3 Å². The van der Waals surface area contributed by atoms with Crippen LogP contribution in [0.25, 0.3) is 5.82 Å². The van der Waals surface area contributed by atoms with Gasteiger partial charge in [-0.1, -0.05) is 18.2 Å². The van der Waals surface area contributed by atoms with Crippen LogP contribution in [0.15, 0.2) is 67.4 Å². The number of para-hydroxylation sites is 1. The van der Waals surface area contributed by atoms with E-state index in [0.717, 1.165) is 24.4 Å². The molecule has 0 aliphatic rings. The van der Waals surface area contributed by atoms with Crippen molar-refractivity contribution in [2.45, 2.75) is 12.8 Å². The largest absolute Gasteiger partial charge is 0.494 e. The van der Waals surface area contributed by atoms with Crippen molar-refractivity contribution in [3.63, 3.8) is 0 Å². The number of hydrogen-bond acceptors (Lipinski definition) is 4. The standard InChI is InChI=1S/C19H20N4O2/c24-19(16-8-9-18(22-14-16)23-12-11-20-15-23)21-10-4-5-13-25-17-6-2-1-3-7-17/h1-3,6-9,11-12,14-15H,4-5,10,13H2,(H,21,24). The second-order valence-electron chi connectivity index (χ2n) is 5.50. The highest BCUT2D eigenvalue weighted by molar-refractivity contribution is 5.93. The van der Waals surface area contributed by atoms with E-state index in [4.69, 9.17) is 4.74 Å². The smallest absolute Gasteiger partial charge is 0.252 e. The Morgan fingerprint density at radius 1 is 1.12 bits per heavy atom. The van der Waals surface area contributed by atoms with Crippen LogP contribution in [-0.2, 0) is 0 Å². The van der Waals surface area contributed by atoms with Gasteiger partial charge >= 0.3 is 0 Å². The second-order valence-corrected chi connectivity index (χ2v) is 5.50. The van der Waals surface area contributed by atoms with Crippen LogP contribution in [0.3, 0.4) is 0 Å². The number of unbranched alkanes of at least 4 members (excludes halogenated alkanes) is 1. The number of hydrogen-bond donors (Lipinski definition) is 1. The lowest BCUT2D eigenvalue weighted by molar-refractivity contribution is 0.0952. The maximum atomic E-state index is 12.1. The van der Waals surface area contributed by atoms with E-state index in [9.17, 15) is 4.79 Å². The molecule has 0 bridgehead atoms. The van der Waals surface area contributed by atoms with Crippen molar-refractivity contribution in [3.05, 3.63) is 72.9 Å². The second kappa shape index (κ2) is 8.63. The molecule has 0 fully saturated rings. The van der Waals surface area contributed by atoms with Gasteiger partial charge in [0.1, 0.15) is 17.9 Å². The minimum atomic E-state index is -0.117. The van der Waals surface area contributed by atoms with Gasteiger partial charge in [-0.15, -0.1) is 0 Å². The molecule has 25 heavy (non-hydrogen) atoms. The number of nitrogens with one attached hydrogen (secondary N) is 1. The number of amides is 1. The number of imidazole rings is 1. The first-order chi connectivity index (χ1) is 12.3. The summed E-state index contributed by atoms with van der Waals surface area (Å²) in [7, 11) is 0. The predicted molar refractivity (Wildman–Crippen MR) is 94.9 cm³/mol. The summed E-state index contributed by atoms with van der Waals surface area (Å²) < 4.78 is 7.40. The summed E-state index contributed by atoms with van der Waals surface area (Å²) in [4.78, 5) is 20.3. The predicted octanol–water partition coefficient (Wildman–Crippen LogP) is 2.86. The van der Waals surface area contributed by atoms with Gasteiger partial charge in [0.15, 0.2) is 0 Å². The highest BCUT2D eigenvalue weighted by Gasteiger charge is 2.06. The van der Waals surface area contributed by atoms with Crippen LogP contribution in [0, 0.1) is 0 Å². The molecule has 0 unspecified atom stereocenters. The number of ether oxygens (including phenoxy) is 1. The SMILES string of the molecule is O=C(NCCCCOc1ccccc1)c1ccc(-n2ccnc2)nc1. The van der Waals surface area contributed by atoms with Gasteiger partial charge in [0, 0.05) is 25.1 Å². The van der Waals surface area contributed by atoms with Crippen LogP contribution in [0.2, 0.25) is 0 Å². The fraction of sp³-hybridized carbons (Fsp3) is 0.211. The number of carbonyl (C=O) groups excluding carboxylic acids is 1. The first-order valence-corrected chi connectivity index (χ1v) is 8.23. The molecule has 3 rings (SSSR count). The van der Waals surface area contributed by atoms with E-state index in [1.54, 1.807) is 41.6 Å². The molecule has 128 valence electrons. The van der Waals surface area contributed by atoms with Gasteiger partial charge in [-0.3, -0.25) is 9.36 Å². The quantitative estimate of drug-likeness (QED) is 0.642. The van der Waals surface area contributed by atoms with Crippen LogP contribution >= 0.6 is 0 Å². The van der Waals surface area contributed by atoms with Gasteiger partial charge < -0.3 is 10.1 Å². The zero-order valence-electron chi connectivity index (χ0n) is 13.8. The van der Waals surface area contributed by atoms with Crippen molar-refractivity contribution in [2.75, 3.05) is 13.2 Å². The average Bonchev–Trinajstić information content (AvgIpc) is 3.20. The molecule has 0 saturated heterocycles. The van der Waals surface area contributed by atoms with Gasteiger partial charge in [-0.2, -0.15) is 0 Å². The Bertz CT molecular complexity index is 771. The minimum Gasteiger partial charge on any atom is -0.494 e.